The molecule has 2 saturated heterocycles. The Labute approximate surface area is 133 Å². The van der Waals surface area contributed by atoms with Crippen molar-refractivity contribution in [1.82, 2.24) is 15.2 Å². The molecule has 4 heteroatoms. The fraction of sp³-hybridized carbons (Fsp3) is 0.667. The van der Waals surface area contributed by atoms with Crippen LogP contribution in [0.3, 0.4) is 0 Å². The van der Waals surface area contributed by atoms with E-state index in [9.17, 15) is 4.79 Å². The summed E-state index contributed by atoms with van der Waals surface area (Å²) in [5.41, 5.74) is 2.28. The molecule has 22 heavy (non-hydrogen) atoms. The molecule has 120 valence electrons. The Kier molecular flexibility index (Phi) is 5.43. The van der Waals surface area contributed by atoms with E-state index in [1.54, 1.807) is 0 Å². The van der Waals surface area contributed by atoms with Crippen molar-refractivity contribution in [1.29, 1.82) is 0 Å². The molecule has 1 aromatic heterocycles. The smallest absolute Gasteiger partial charge is 0.222 e. The number of likely N-dealkylation sites (tertiary alicyclic amines) is 1. The van der Waals surface area contributed by atoms with Crippen LogP contribution in [0.4, 0.5) is 0 Å². The molecule has 0 radical (unpaired) electrons. The molecule has 0 atom stereocenters. The summed E-state index contributed by atoms with van der Waals surface area (Å²) < 4.78 is 0. The standard InChI is InChI=1S/C18H27N3O/c22-18(21-13-2-1-3-14-21)8-7-16-5-4-6-17(20-16)15-9-11-19-12-10-15/h4-6,15,19H,1-3,7-14H2. The Morgan fingerprint density at radius 2 is 1.95 bits per heavy atom. The largest absolute Gasteiger partial charge is 0.343 e. The van der Waals surface area contributed by atoms with Gasteiger partial charge in [0.1, 0.15) is 0 Å². The Morgan fingerprint density at radius 1 is 1.18 bits per heavy atom. The summed E-state index contributed by atoms with van der Waals surface area (Å²) in [4.78, 5) is 19.1. The number of hydrogen-bond acceptors (Lipinski definition) is 3. The maximum absolute atomic E-state index is 12.2. The van der Waals surface area contributed by atoms with Crippen molar-refractivity contribution in [2.24, 2.45) is 0 Å². The second-order valence-electron chi connectivity index (χ2n) is 6.52. The lowest BCUT2D eigenvalue weighted by Crippen LogP contribution is -2.35. The van der Waals surface area contributed by atoms with Crippen LogP contribution >= 0.6 is 0 Å². The number of aryl methyl sites for hydroxylation is 1. The van der Waals surface area contributed by atoms with E-state index in [0.29, 0.717) is 18.2 Å². The summed E-state index contributed by atoms with van der Waals surface area (Å²) in [7, 11) is 0. The number of pyridine rings is 1. The highest BCUT2D eigenvalue weighted by Gasteiger charge is 2.18. The van der Waals surface area contributed by atoms with Crippen LogP contribution < -0.4 is 5.32 Å². The van der Waals surface area contributed by atoms with Gasteiger partial charge in [0, 0.05) is 36.8 Å². The van der Waals surface area contributed by atoms with Crippen LogP contribution in [-0.2, 0) is 11.2 Å². The summed E-state index contributed by atoms with van der Waals surface area (Å²) in [6.45, 7) is 4.07. The molecule has 0 spiro atoms. The van der Waals surface area contributed by atoms with E-state index in [2.05, 4.69) is 23.5 Å². The molecule has 0 aromatic carbocycles. The molecule has 0 aliphatic carbocycles. The van der Waals surface area contributed by atoms with E-state index in [1.807, 2.05) is 4.90 Å². The highest BCUT2D eigenvalue weighted by atomic mass is 16.2. The maximum Gasteiger partial charge on any atom is 0.222 e. The number of nitrogens with one attached hydrogen (secondary N) is 1. The van der Waals surface area contributed by atoms with Gasteiger partial charge in [0.25, 0.3) is 0 Å². The zero-order valence-corrected chi connectivity index (χ0v) is 13.4. The third kappa shape index (κ3) is 4.07. The van der Waals surface area contributed by atoms with E-state index >= 15 is 0 Å². The normalized spacial score (nSPS) is 20.1. The van der Waals surface area contributed by atoms with Crippen molar-refractivity contribution in [3.05, 3.63) is 29.6 Å². The van der Waals surface area contributed by atoms with Crippen LogP contribution in [0.25, 0.3) is 0 Å². The van der Waals surface area contributed by atoms with Gasteiger partial charge in [-0.05, 0) is 63.7 Å². The minimum atomic E-state index is 0.300. The van der Waals surface area contributed by atoms with Crippen molar-refractivity contribution in [3.8, 4) is 0 Å². The van der Waals surface area contributed by atoms with E-state index < -0.39 is 0 Å². The zero-order valence-electron chi connectivity index (χ0n) is 13.4. The van der Waals surface area contributed by atoms with Crippen LogP contribution in [0.1, 0.15) is 55.8 Å². The van der Waals surface area contributed by atoms with Gasteiger partial charge >= 0.3 is 0 Å². The van der Waals surface area contributed by atoms with Crippen molar-refractivity contribution >= 4 is 5.91 Å². The fourth-order valence-corrected chi connectivity index (χ4v) is 3.52. The van der Waals surface area contributed by atoms with E-state index in [0.717, 1.165) is 51.1 Å². The van der Waals surface area contributed by atoms with Crippen molar-refractivity contribution in [2.45, 2.75) is 50.9 Å². The van der Waals surface area contributed by atoms with Crippen molar-refractivity contribution in [3.63, 3.8) is 0 Å². The lowest BCUT2D eigenvalue weighted by Gasteiger charge is -2.26. The van der Waals surface area contributed by atoms with E-state index in [4.69, 9.17) is 4.98 Å². The average molecular weight is 301 g/mol. The summed E-state index contributed by atoms with van der Waals surface area (Å²) in [6, 6.07) is 6.31. The minimum absolute atomic E-state index is 0.300. The zero-order chi connectivity index (χ0) is 15.2. The first-order valence-corrected chi connectivity index (χ1v) is 8.77. The molecule has 4 nitrogen and oxygen atoms in total. The summed E-state index contributed by atoms with van der Waals surface area (Å²) >= 11 is 0. The Hall–Kier alpha value is -1.42. The van der Waals surface area contributed by atoms with Gasteiger partial charge in [0.15, 0.2) is 0 Å². The van der Waals surface area contributed by atoms with Gasteiger partial charge in [-0.2, -0.15) is 0 Å². The molecular weight excluding hydrogens is 274 g/mol. The van der Waals surface area contributed by atoms with Gasteiger partial charge < -0.3 is 10.2 Å². The lowest BCUT2D eigenvalue weighted by molar-refractivity contribution is -0.132. The van der Waals surface area contributed by atoms with Crippen molar-refractivity contribution < 1.29 is 4.79 Å². The van der Waals surface area contributed by atoms with Crippen molar-refractivity contribution in [2.75, 3.05) is 26.2 Å². The molecule has 1 N–H and O–H groups in total. The second-order valence-corrected chi connectivity index (χ2v) is 6.52. The number of carbonyl (C=O) groups is 1. The first-order valence-electron chi connectivity index (χ1n) is 8.77. The van der Waals surface area contributed by atoms with Gasteiger partial charge in [0.2, 0.25) is 5.91 Å². The molecule has 0 unspecified atom stereocenters. The molecule has 2 aliphatic heterocycles. The number of rotatable bonds is 4. The molecular formula is C18H27N3O. The highest BCUT2D eigenvalue weighted by molar-refractivity contribution is 5.76. The number of carbonyl (C=O) groups excluding carboxylic acids is 1. The fourth-order valence-electron chi connectivity index (χ4n) is 3.52. The lowest BCUT2D eigenvalue weighted by atomic mass is 9.94. The Bertz CT molecular complexity index is 491. The summed E-state index contributed by atoms with van der Waals surface area (Å²) in [5, 5.41) is 3.40. The molecule has 3 heterocycles. The second kappa shape index (κ2) is 7.73. The summed E-state index contributed by atoms with van der Waals surface area (Å²) in [6.07, 6.45) is 7.30. The number of amides is 1. The van der Waals surface area contributed by atoms with Gasteiger partial charge in [-0.1, -0.05) is 6.07 Å². The molecule has 3 rings (SSSR count). The highest BCUT2D eigenvalue weighted by Crippen LogP contribution is 2.23. The quantitative estimate of drug-likeness (QED) is 0.929. The number of piperidine rings is 2. The van der Waals surface area contributed by atoms with E-state index in [1.165, 1.54) is 25.0 Å². The number of aromatic nitrogens is 1. The minimum Gasteiger partial charge on any atom is -0.343 e. The number of hydrogen-bond donors (Lipinski definition) is 1. The molecule has 2 aliphatic rings. The predicted octanol–water partition coefficient (Wildman–Crippen LogP) is 2.49. The van der Waals surface area contributed by atoms with Crippen LogP contribution in [-0.4, -0.2) is 42.0 Å². The SMILES string of the molecule is O=C(CCc1cccc(C2CCNCC2)n1)N1CCCCC1. The third-order valence-electron chi connectivity index (χ3n) is 4.89. The first-order chi connectivity index (χ1) is 10.8. The maximum atomic E-state index is 12.2. The molecule has 0 bridgehead atoms. The summed E-state index contributed by atoms with van der Waals surface area (Å²) in [5.74, 6) is 0.882. The topological polar surface area (TPSA) is 45.2 Å². The van der Waals surface area contributed by atoms with Crippen LogP contribution in [0, 0.1) is 0 Å². The first kappa shape index (κ1) is 15.5. The average Bonchev–Trinajstić information content (AvgIpc) is 2.61. The van der Waals surface area contributed by atoms with E-state index in [-0.39, 0.29) is 0 Å². The Morgan fingerprint density at radius 3 is 2.73 bits per heavy atom. The predicted molar refractivity (Wildman–Crippen MR) is 87.8 cm³/mol. The van der Waals surface area contributed by atoms with Crippen LogP contribution in [0.2, 0.25) is 0 Å². The third-order valence-corrected chi connectivity index (χ3v) is 4.89. The molecule has 1 aromatic rings. The molecule has 0 saturated carbocycles. The van der Waals surface area contributed by atoms with Gasteiger partial charge in [-0.3, -0.25) is 9.78 Å². The van der Waals surface area contributed by atoms with Gasteiger partial charge in [-0.25, -0.2) is 0 Å². The van der Waals surface area contributed by atoms with Gasteiger partial charge in [0.05, 0.1) is 0 Å². The number of nitrogens with zero attached hydrogens (tertiary/aromatic N) is 2. The Balaban J connectivity index is 1.54. The van der Waals surface area contributed by atoms with Gasteiger partial charge in [-0.15, -0.1) is 0 Å². The molecule has 2 fully saturated rings. The molecule has 1 amide bonds. The van der Waals surface area contributed by atoms with Crippen LogP contribution in [0.5, 0.6) is 0 Å². The monoisotopic (exact) mass is 301 g/mol. The van der Waals surface area contributed by atoms with Crippen LogP contribution in [0.15, 0.2) is 18.2 Å².